The molecule has 0 radical (unpaired) electrons. The summed E-state index contributed by atoms with van der Waals surface area (Å²) in [4.78, 5) is 41.2. The maximum absolute atomic E-state index is 14.1. The summed E-state index contributed by atoms with van der Waals surface area (Å²) in [6, 6.07) is 15.8. The number of hydrogen-bond donors (Lipinski definition) is 1. The number of nitrogens with one attached hydrogen (secondary N) is 1. The van der Waals surface area contributed by atoms with Crippen LogP contribution >= 0.6 is 11.3 Å². The van der Waals surface area contributed by atoms with Crippen molar-refractivity contribution in [3.05, 3.63) is 116 Å². The molecule has 9 nitrogen and oxygen atoms in total. The third-order valence-corrected chi connectivity index (χ3v) is 7.19. The van der Waals surface area contributed by atoms with E-state index in [-0.39, 0.29) is 11.5 Å². The highest BCUT2D eigenvalue weighted by molar-refractivity contribution is 7.09. The molecule has 0 aliphatic carbocycles. The van der Waals surface area contributed by atoms with Crippen LogP contribution in [-0.4, -0.2) is 35.0 Å². The largest absolute Gasteiger partial charge is 0.342 e. The third kappa shape index (κ3) is 4.52. The molecule has 0 unspecified atom stereocenters. The van der Waals surface area contributed by atoms with Gasteiger partial charge in [0.1, 0.15) is 17.1 Å². The van der Waals surface area contributed by atoms with Gasteiger partial charge in [-0.1, -0.05) is 30.2 Å². The summed E-state index contributed by atoms with van der Waals surface area (Å²) in [6.07, 6.45) is 3.36. The van der Waals surface area contributed by atoms with Crippen LogP contribution in [0.15, 0.2) is 77.2 Å². The Bertz CT molecular complexity index is 2030. The molecular weight excluding hydrogens is 522 g/mol. The van der Waals surface area contributed by atoms with Gasteiger partial charge in [-0.3, -0.25) is 14.2 Å². The lowest BCUT2D eigenvalue weighted by atomic mass is 10.1. The van der Waals surface area contributed by atoms with Crippen LogP contribution < -0.4 is 10.9 Å². The van der Waals surface area contributed by atoms with Crippen molar-refractivity contribution in [1.82, 2.24) is 34.4 Å². The molecule has 1 N–H and O–H groups in total. The minimum absolute atomic E-state index is 0.277. The molecule has 2 aromatic carbocycles. The standard InChI is InChI=1S/C30H23N7O2S/c1-18-25(28-31-15-8-16-36(28)35-18)29(38)32-19(2)27-34-24-12-7-9-21(13-14-22-17-40-20(3)33-22)26(24)30(39)37(27)23-10-5-4-6-11-23/h4-12,15-17,19H,1-3H3,(H,32,38)/t19-/m1/s1. The van der Waals surface area contributed by atoms with Crippen molar-refractivity contribution >= 4 is 33.8 Å². The second-order valence-electron chi connectivity index (χ2n) is 9.19. The second kappa shape index (κ2) is 10.2. The molecule has 0 saturated carbocycles. The van der Waals surface area contributed by atoms with Crippen molar-refractivity contribution in [1.29, 1.82) is 0 Å². The highest BCUT2D eigenvalue weighted by Crippen LogP contribution is 2.21. The Morgan fingerprint density at radius 3 is 2.62 bits per heavy atom. The fourth-order valence-electron chi connectivity index (χ4n) is 4.62. The van der Waals surface area contributed by atoms with Gasteiger partial charge in [-0.2, -0.15) is 5.10 Å². The molecule has 196 valence electrons. The van der Waals surface area contributed by atoms with Crippen LogP contribution in [0, 0.1) is 25.7 Å². The lowest BCUT2D eigenvalue weighted by Gasteiger charge is -2.20. The number of carbonyl (C=O) groups excluding carboxylic acids is 1. The predicted molar refractivity (Wildman–Crippen MR) is 154 cm³/mol. The molecule has 0 aliphatic rings. The number of amides is 1. The number of nitrogens with zero attached hydrogens (tertiary/aromatic N) is 6. The van der Waals surface area contributed by atoms with E-state index in [2.05, 4.69) is 32.2 Å². The summed E-state index contributed by atoms with van der Waals surface area (Å²) in [7, 11) is 0. The molecule has 0 fully saturated rings. The molecule has 6 aromatic rings. The fraction of sp³-hybridized carbons (Fsp3) is 0.133. The molecule has 0 saturated heterocycles. The van der Waals surface area contributed by atoms with Crippen molar-refractivity contribution < 1.29 is 4.79 Å². The number of benzene rings is 2. The number of rotatable bonds is 4. The number of thiazole rings is 1. The van der Waals surface area contributed by atoms with Crippen LogP contribution in [0.25, 0.3) is 22.2 Å². The normalized spacial score (nSPS) is 11.8. The number of carbonyl (C=O) groups is 1. The number of para-hydroxylation sites is 1. The zero-order chi connectivity index (χ0) is 27.8. The van der Waals surface area contributed by atoms with Crippen molar-refractivity contribution in [3.8, 4) is 17.5 Å². The molecule has 1 atom stereocenters. The Labute approximate surface area is 233 Å². The van der Waals surface area contributed by atoms with Crippen LogP contribution in [0.3, 0.4) is 0 Å². The monoisotopic (exact) mass is 545 g/mol. The quantitative estimate of drug-likeness (QED) is 0.329. The number of aromatic nitrogens is 6. The first-order valence-corrected chi connectivity index (χ1v) is 13.4. The Balaban J connectivity index is 1.48. The van der Waals surface area contributed by atoms with E-state index in [4.69, 9.17) is 4.98 Å². The van der Waals surface area contributed by atoms with Gasteiger partial charge in [0.15, 0.2) is 5.65 Å². The van der Waals surface area contributed by atoms with E-state index in [1.54, 1.807) is 49.0 Å². The first-order chi connectivity index (χ1) is 19.4. The van der Waals surface area contributed by atoms with Gasteiger partial charge in [-0.25, -0.2) is 19.5 Å². The third-order valence-electron chi connectivity index (χ3n) is 6.41. The van der Waals surface area contributed by atoms with Crippen molar-refractivity contribution in [2.45, 2.75) is 26.8 Å². The zero-order valence-electron chi connectivity index (χ0n) is 21.9. The van der Waals surface area contributed by atoms with E-state index in [1.807, 2.05) is 48.7 Å². The van der Waals surface area contributed by atoms with E-state index in [0.29, 0.717) is 50.6 Å². The average molecular weight is 546 g/mol. The van der Waals surface area contributed by atoms with E-state index in [9.17, 15) is 9.59 Å². The molecule has 6 rings (SSSR count). The molecule has 0 spiro atoms. The van der Waals surface area contributed by atoms with Crippen molar-refractivity contribution in [3.63, 3.8) is 0 Å². The van der Waals surface area contributed by atoms with Crippen LogP contribution in [0.2, 0.25) is 0 Å². The van der Waals surface area contributed by atoms with E-state index in [0.717, 1.165) is 5.01 Å². The molecule has 0 bridgehead atoms. The highest BCUT2D eigenvalue weighted by atomic mass is 32.1. The van der Waals surface area contributed by atoms with Gasteiger partial charge >= 0.3 is 0 Å². The van der Waals surface area contributed by atoms with Gasteiger partial charge in [-0.05, 0) is 57.0 Å². The number of hydrogen-bond acceptors (Lipinski definition) is 7. The van der Waals surface area contributed by atoms with Gasteiger partial charge in [0.05, 0.1) is 33.3 Å². The maximum atomic E-state index is 14.1. The summed E-state index contributed by atoms with van der Waals surface area (Å²) in [5.74, 6) is 6.21. The molecule has 40 heavy (non-hydrogen) atoms. The maximum Gasteiger partial charge on any atom is 0.267 e. The van der Waals surface area contributed by atoms with E-state index < -0.39 is 6.04 Å². The summed E-state index contributed by atoms with van der Waals surface area (Å²) in [5.41, 5.74) is 3.43. The lowest BCUT2D eigenvalue weighted by Crippen LogP contribution is -2.33. The van der Waals surface area contributed by atoms with Gasteiger partial charge < -0.3 is 5.32 Å². The topological polar surface area (TPSA) is 107 Å². The number of fused-ring (bicyclic) bond motifs is 2. The fourth-order valence-corrected chi connectivity index (χ4v) is 5.16. The first-order valence-electron chi connectivity index (χ1n) is 12.6. The Hall–Kier alpha value is -5.14. The predicted octanol–water partition coefficient (Wildman–Crippen LogP) is 4.39. The summed E-state index contributed by atoms with van der Waals surface area (Å²) in [6.45, 7) is 5.48. The van der Waals surface area contributed by atoms with Gasteiger partial charge in [0.2, 0.25) is 0 Å². The molecule has 0 aliphatic heterocycles. The minimum Gasteiger partial charge on any atom is -0.342 e. The van der Waals surface area contributed by atoms with Crippen LogP contribution in [0.1, 0.15) is 51.1 Å². The Morgan fingerprint density at radius 1 is 1.02 bits per heavy atom. The summed E-state index contributed by atoms with van der Waals surface area (Å²) < 4.78 is 3.10. The van der Waals surface area contributed by atoms with Crippen LogP contribution in [-0.2, 0) is 0 Å². The summed E-state index contributed by atoms with van der Waals surface area (Å²) in [5, 5.41) is 10.6. The number of aryl methyl sites for hydroxylation is 2. The van der Waals surface area contributed by atoms with E-state index in [1.165, 1.54) is 15.9 Å². The minimum atomic E-state index is -0.629. The van der Waals surface area contributed by atoms with Crippen molar-refractivity contribution in [2.24, 2.45) is 0 Å². The zero-order valence-corrected chi connectivity index (χ0v) is 22.7. The van der Waals surface area contributed by atoms with Gasteiger partial charge in [0, 0.05) is 23.3 Å². The van der Waals surface area contributed by atoms with E-state index >= 15 is 0 Å². The first kappa shape index (κ1) is 25.2. The highest BCUT2D eigenvalue weighted by Gasteiger charge is 2.24. The molecule has 1 amide bonds. The SMILES string of the molecule is Cc1nc(C#Cc2cccc3nc([C@@H](C)NC(=O)c4c(C)nn5cccnc45)n(-c4ccccc4)c(=O)c23)cs1. The Morgan fingerprint density at radius 2 is 1.85 bits per heavy atom. The smallest absolute Gasteiger partial charge is 0.267 e. The summed E-state index contributed by atoms with van der Waals surface area (Å²) >= 11 is 1.52. The Kier molecular flexibility index (Phi) is 6.42. The van der Waals surface area contributed by atoms with Crippen LogP contribution in [0.5, 0.6) is 0 Å². The van der Waals surface area contributed by atoms with Crippen LogP contribution in [0.4, 0.5) is 0 Å². The van der Waals surface area contributed by atoms with Crippen molar-refractivity contribution in [2.75, 3.05) is 0 Å². The molecule has 4 heterocycles. The molecule has 10 heteroatoms. The molecular formula is C30H23N7O2S. The second-order valence-corrected chi connectivity index (χ2v) is 10.3. The molecule has 4 aromatic heterocycles. The van der Waals surface area contributed by atoms with Gasteiger partial charge in [-0.15, -0.1) is 11.3 Å². The van der Waals surface area contributed by atoms with Gasteiger partial charge in [0.25, 0.3) is 11.5 Å². The average Bonchev–Trinajstić information content (AvgIpc) is 3.53. The lowest BCUT2D eigenvalue weighted by molar-refractivity contribution is 0.0938.